The van der Waals surface area contributed by atoms with Gasteiger partial charge in [0.05, 0.1) is 0 Å². The van der Waals surface area contributed by atoms with E-state index in [4.69, 9.17) is 0 Å². The van der Waals surface area contributed by atoms with Crippen molar-refractivity contribution >= 4 is 31.9 Å². The van der Waals surface area contributed by atoms with Gasteiger partial charge in [0.2, 0.25) is 0 Å². The molecule has 2 aromatic carbocycles. The number of halogens is 8. The SMILES string of the molecule is FC(F)(F)/C(Oc1ccc(Br)cc1)=C(\Oc1ccc(Br)cc1)C(F)(F)F. The summed E-state index contributed by atoms with van der Waals surface area (Å²) in [5, 5.41) is 0. The fourth-order valence-electron chi connectivity index (χ4n) is 1.71. The minimum absolute atomic E-state index is 0.429. The number of hydrogen-bond acceptors (Lipinski definition) is 2. The summed E-state index contributed by atoms with van der Waals surface area (Å²) < 4.78 is 89.5. The third-order valence-electron chi connectivity index (χ3n) is 2.79. The Bertz CT molecular complexity index is 713. The van der Waals surface area contributed by atoms with Gasteiger partial charge < -0.3 is 9.47 Å². The molecule has 0 amide bonds. The Hall–Kier alpha value is -1.68. The first kappa shape index (κ1) is 20.6. The van der Waals surface area contributed by atoms with Gasteiger partial charge in [-0.1, -0.05) is 31.9 Å². The van der Waals surface area contributed by atoms with Gasteiger partial charge in [0.25, 0.3) is 11.5 Å². The van der Waals surface area contributed by atoms with Crippen molar-refractivity contribution in [3.63, 3.8) is 0 Å². The minimum atomic E-state index is -5.44. The molecule has 0 unspecified atom stereocenters. The van der Waals surface area contributed by atoms with Crippen molar-refractivity contribution in [3.8, 4) is 11.5 Å². The lowest BCUT2D eigenvalue weighted by atomic mass is 10.3. The molecule has 0 aliphatic carbocycles. The quantitative estimate of drug-likeness (QED) is 0.329. The molecule has 0 aliphatic heterocycles. The summed E-state index contributed by atoms with van der Waals surface area (Å²) in [6, 6.07) is 9.65. The number of allylic oxidation sites excluding steroid dienone is 2. The van der Waals surface area contributed by atoms with Gasteiger partial charge in [-0.2, -0.15) is 26.3 Å². The van der Waals surface area contributed by atoms with E-state index in [1.165, 1.54) is 24.3 Å². The fourth-order valence-corrected chi connectivity index (χ4v) is 2.24. The lowest BCUT2D eigenvalue weighted by Gasteiger charge is -2.20. The van der Waals surface area contributed by atoms with Crippen LogP contribution in [0.2, 0.25) is 0 Å². The van der Waals surface area contributed by atoms with E-state index in [0.717, 1.165) is 24.3 Å². The van der Waals surface area contributed by atoms with Crippen LogP contribution >= 0.6 is 31.9 Å². The predicted octanol–water partition coefficient (Wildman–Crippen LogP) is 7.01. The van der Waals surface area contributed by atoms with Gasteiger partial charge in [0, 0.05) is 8.95 Å². The smallest absolute Gasteiger partial charge is 0.449 e. The molecule has 0 spiro atoms. The molecular formula is C16H8Br2F6O2. The van der Waals surface area contributed by atoms with E-state index in [1.807, 2.05) is 0 Å². The molecule has 0 aliphatic rings. The molecule has 0 radical (unpaired) electrons. The summed E-state index contributed by atoms with van der Waals surface area (Å²) in [7, 11) is 0. The van der Waals surface area contributed by atoms with Crippen LogP contribution in [0.1, 0.15) is 0 Å². The highest BCUT2D eigenvalue weighted by Gasteiger charge is 2.50. The van der Waals surface area contributed by atoms with Gasteiger partial charge >= 0.3 is 12.4 Å². The highest BCUT2D eigenvalue weighted by molar-refractivity contribution is 9.10. The van der Waals surface area contributed by atoms with Crippen LogP contribution in [0, 0.1) is 0 Å². The Kier molecular flexibility index (Phi) is 6.28. The predicted molar refractivity (Wildman–Crippen MR) is 88.7 cm³/mol. The van der Waals surface area contributed by atoms with Gasteiger partial charge in [0.1, 0.15) is 11.5 Å². The normalized spacial score (nSPS) is 13.2. The van der Waals surface area contributed by atoms with E-state index in [2.05, 4.69) is 41.3 Å². The van der Waals surface area contributed by atoms with E-state index >= 15 is 0 Å². The van der Waals surface area contributed by atoms with Crippen molar-refractivity contribution in [1.82, 2.24) is 0 Å². The largest absolute Gasteiger partial charge is 0.453 e. The first-order chi connectivity index (χ1) is 12.0. The second-order valence-corrected chi connectivity index (χ2v) is 6.60. The molecule has 2 nitrogen and oxygen atoms in total. The molecule has 0 aromatic heterocycles. The molecule has 0 saturated carbocycles. The van der Waals surface area contributed by atoms with Crippen LogP contribution in [-0.2, 0) is 0 Å². The van der Waals surface area contributed by atoms with Gasteiger partial charge in [0.15, 0.2) is 0 Å². The van der Waals surface area contributed by atoms with Gasteiger partial charge in [-0.15, -0.1) is 0 Å². The number of benzene rings is 2. The molecule has 0 fully saturated rings. The molecule has 0 saturated heterocycles. The van der Waals surface area contributed by atoms with Crippen molar-refractivity contribution in [2.45, 2.75) is 12.4 Å². The molecule has 0 bridgehead atoms. The summed E-state index contributed by atoms with van der Waals surface area (Å²) in [6.45, 7) is 0. The summed E-state index contributed by atoms with van der Waals surface area (Å²) >= 11 is 6.13. The van der Waals surface area contributed by atoms with Crippen LogP contribution in [0.25, 0.3) is 0 Å². The van der Waals surface area contributed by atoms with Gasteiger partial charge in [-0.05, 0) is 48.5 Å². The zero-order valence-electron chi connectivity index (χ0n) is 12.5. The average molecular weight is 506 g/mol. The van der Waals surface area contributed by atoms with E-state index in [0.29, 0.717) is 8.95 Å². The maximum atomic E-state index is 13.3. The molecule has 0 atom stereocenters. The molecule has 0 N–H and O–H groups in total. The monoisotopic (exact) mass is 504 g/mol. The molecule has 26 heavy (non-hydrogen) atoms. The maximum Gasteiger partial charge on any atom is 0.453 e. The van der Waals surface area contributed by atoms with Crippen LogP contribution < -0.4 is 9.47 Å². The Morgan fingerprint density at radius 1 is 0.577 bits per heavy atom. The van der Waals surface area contributed by atoms with E-state index in [1.54, 1.807) is 0 Å². The van der Waals surface area contributed by atoms with Crippen molar-refractivity contribution in [3.05, 3.63) is 69.0 Å². The third kappa shape index (κ3) is 5.66. The van der Waals surface area contributed by atoms with Gasteiger partial charge in [-0.3, -0.25) is 0 Å². The highest BCUT2D eigenvalue weighted by Crippen LogP contribution is 2.39. The lowest BCUT2D eigenvalue weighted by molar-refractivity contribution is -0.150. The first-order valence-corrected chi connectivity index (χ1v) is 8.31. The zero-order valence-corrected chi connectivity index (χ0v) is 15.6. The van der Waals surface area contributed by atoms with Crippen LogP contribution in [0.15, 0.2) is 69.0 Å². The topological polar surface area (TPSA) is 18.5 Å². The van der Waals surface area contributed by atoms with Crippen molar-refractivity contribution in [2.24, 2.45) is 0 Å². The molecule has 140 valence electrons. The zero-order chi connectivity index (χ0) is 19.5. The number of alkyl halides is 6. The molecular weight excluding hydrogens is 498 g/mol. The average Bonchev–Trinajstić information content (AvgIpc) is 2.52. The highest BCUT2D eigenvalue weighted by atomic mass is 79.9. The van der Waals surface area contributed by atoms with Crippen molar-refractivity contribution < 1.29 is 35.8 Å². The Balaban J connectivity index is 2.51. The van der Waals surface area contributed by atoms with Crippen LogP contribution in [0.3, 0.4) is 0 Å². The summed E-state index contributed by atoms with van der Waals surface area (Å²) in [5.74, 6) is -5.45. The number of hydrogen-bond donors (Lipinski definition) is 0. The van der Waals surface area contributed by atoms with Crippen molar-refractivity contribution in [1.29, 1.82) is 0 Å². The second kappa shape index (κ2) is 7.91. The van der Waals surface area contributed by atoms with Crippen molar-refractivity contribution in [2.75, 3.05) is 0 Å². The molecule has 2 aromatic rings. The Labute approximate surface area is 160 Å². The number of rotatable bonds is 4. The second-order valence-electron chi connectivity index (χ2n) is 4.77. The first-order valence-electron chi connectivity index (χ1n) is 6.72. The molecule has 0 heterocycles. The van der Waals surface area contributed by atoms with Crippen LogP contribution in [-0.4, -0.2) is 12.4 Å². The van der Waals surface area contributed by atoms with Gasteiger partial charge in [-0.25, -0.2) is 0 Å². The molecule has 10 heteroatoms. The summed E-state index contributed by atoms with van der Waals surface area (Å²) in [6.07, 6.45) is -10.9. The standard InChI is InChI=1S/C16H8Br2F6O2/c17-9-1-5-11(6-2-9)25-13(15(19,20)21)14(16(22,23)24)26-12-7-3-10(18)4-8-12/h1-8H/b14-13+. The maximum absolute atomic E-state index is 13.3. The van der Waals surface area contributed by atoms with Crippen LogP contribution in [0.4, 0.5) is 26.3 Å². The summed E-state index contributed by atoms with van der Waals surface area (Å²) in [4.78, 5) is 0. The van der Waals surface area contributed by atoms with E-state index in [-0.39, 0.29) is 0 Å². The number of ether oxygens (including phenoxy) is 2. The third-order valence-corrected chi connectivity index (χ3v) is 3.85. The van der Waals surface area contributed by atoms with E-state index < -0.39 is 35.4 Å². The summed E-state index contributed by atoms with van der Waals surface area (Å²) in [5.41, 5.74) is 0. The van der Waals surface area contributed by atoms with E-state index in [9.17, 15) is 26.3 Å². The fraction of sp³-hybridized carbons (Fsp3) is 0.125. The Morgan fingerprint density at radius 2 is 0.846 bits per heavy atom. The Morgan fingerprint density at radius 3 is 1.08 bits per heavy atom. The van der Waals surface area contributed by atoms with Crippen LogP contribution in [0.5, 0.6) is 11.5 Å². The minimum Gasteiger partial charge on any atom is -0.449 e. The molecule has 2 rings (SSSR count). The lowest BCUT2D eigenvalue weighted by Crippen LogP contribution is -2.29.